The van der Waals surface area contributed by atoms with Crippen molar-refractivity contribution in [3.63, 3.8) is 0 Å². The average Bonchev–Trinajstić information content (AvgIpc) is 2.48. The first-order valence-corrected chi connectivity index (χ1v) is 7.98. The normalized spacial score (nSPS) is 19.4. The van der Waals surface area contributed by atoms with Gasteiger partial charge in [-0.05, 0) is 55.5 Å². The fourth-order valence-electron chi connectivity index (χ4n) is 3.02. The number of nitrogens with one attached hydrogen (secondary N) is 1. The number of hydrogen-bond acceptors (Lipinski definition) is 2. The maximum atomic E-state index is 13.5. The topological polar surface area (TPSA) is 15.3 Å². The summed E-state index contributed by atoms with van der Waals surface area (Å²) < 4.78 is 13.5. The van der Waals surface area contributed by atoms with Crippen LogP contribution in [-0.4, -0.2) is 19.6 Å². The van der Waals surface area contributed by atoms with Crippen molar-refractivity contribution in [1.82, 2.24) is 5.32 Å². The number of nitrogens with zero attached hydrogens (tertiary/aromatic N) is 1. The van der Waals surface area contributed by atoms with Crippen LogP contribution in [0.15, 0.2) is 18.2 Å². The number of benzene rings is 1. The quantitative estimate of drug-likeness (QED) is 0.793. The number of halogens is 1. The van der Waals surface area contributed by atoms with Gasteiger partial charge in [0, 0.05) is 25.3 Å². The molecule has 3 heteroatoms. The van der Waals surface area contributed by atoms with Crippen LogP contribution < -0.4 is 10.2 Å². The summed E-state index contributed by atoms with van der Waals surface area (Å²) >= 11 is 0. The molecule has 1 unspecified atom stereocenters. The van der Waals surface area contributed by atoms with Crippen LogP contribution in [0.5, 0.6) is 0 Å². The molecule has 1 heterocycles. The first-order chi connectivity index (χ1) is 9.74. The summed E-state index contributed by atoms with van der Waals surface area (Å²) in [6.07, 6.45) is 4.92. The van der Waals surface area contributed by atoms with Gasteiger partial charge in [0.15, 0.2) is 0 Å². The van der Waals surface area contributed by atoms with E-state index in [-0.39, 0.29) is 5.82 Å². The third-order valence-electron chi connectivity index (χ3n) is 4.22. The van der Waals surface area contributed by atoms with Crippen LogP contribution in [0.2, 0.25) is 0 Å². The lowest BCUT2D eigenvalue weighted by Gasteiger charge is -2.35. The molecule has 0 radical (unpaired) electrons. The van der Waals surface area contributed by atoms with Crippen LogP contribution in [0.25, 0.3) is 0 Å². The minimum absolute atomic E-state index is 0.133. The van der Waals surface area contributed by atoms with Crippen LogP contribution in [0, 0.1) is 11.7 Å². The van der Waals surface area contributed by atoms with Crippen molar-refractivity contribution in [1.29, 1.82) is 0 Å². The Morgan fingerprint density at radius 1 is 1.35 bits per heavy atom. The SMILES string of the molecule is CCCNCc1cc(F)ccc1N1CCCC(CC)C1. The number of piperidine rings is 1. The molecule has 2 rings (SSSR count). The predicted octanol–water partition coefficient (Wildman–Crippen LogP) is 3.95. The predicted molar refractivity (Wildman–Crippen MR) is 83.6 cm³/mol. The molecule has 1 saturated heterocycles. The Morgan fingerprint density at radius 3 is 2.95 bits per heavy atom. The zero-order chi connectivity index (χ0) is 14.4. The van der Waals surface area contributed by atoms with Crippen molar-refractivity contribution in [2.24, 2.45) is 5.92 Å². The van der Waals surface area contributed by atoms with Crippen molar-refractivity contribution in [2.45, 2.75) is 46.1 Å². The van der Waals surface area contributed by atoms with Gasteiger partial charge in [0.25, 0.3) is 0 Å². The highest BCUT2D eigenvalue weighted by molar-refractivity contribution is 5.54. The summed E-state index contributed by atoms with van der Waals surface area (Å²) in [4.78, 5) is 2.44. The second-order valence-corrected chi connectivity index (χ2v) is 5.81. The molecule has 0 bridgehead atoms. The monoisotopic (exact) mass is 278 g/mol. The first kappa shape index (κ1) is 15.3. The number of rotatable bonds is 6. The zero-order valence-electron chi connectivity index (χ0n) is 12.8. The summed E-state index contributed by atoms with van der Waals surface area (Å²) in [5, 5.41) is 3.39. The lowest BCUT2D eigenvalue weighted by Crippen LogP contribution is -2.36. The van der Waals surface area contributed by atoms with Gasteiger partial charge < -0.3 is 10.2 Å². The van der Waals surface area contributed by atoms with Gasteiger partial charge in [0.1, 0.15) is 5.82 Å². The molecule has 0 aromatic heterocycles. The third kappa shape index (κ3) is 3.95. The van der Waals surface area contributed by atoms with Gasteiger partial charge in [0.2, 0.25) is 0 Å². The molecule has 0 aliphatic carbocycles. The van der Waals surface area contributed by atoms with E-state index >= 15 is 0 Å². The van der Waals surface area contributed by atoms with E-state index in [9.17, 15) is 4.39 Å². The summed E-state index contributed by atoms with van der Waals surface area (Å²) in [5.41, 5.74) is 2.31. The Hall–Kier alpha value is -1.09. The highest BCUT2D eigenvalue weighted by atomic mass is 19.1. The van der Waals surface area contributed by atoms with Gasteiger partial charge >= 0.3 is 0 Å². The van der Waals surface area contributed by atoms with E-state index in [4.69, 9.17) is 0 Å². The standard InChI is InChI=1S/C17H27FN2/c1-3-9-19-12-15-11-16(18)7-8-17(15)20-10-5-6-14(4-2)13-20/h7-8,11,14,19H,3-6,9-10,12-13H2,1-2H3. The molecule has 0 amide bonds. The molecule has 1 N–H and O–H groups in total. The summed E-state index contributed by atoms with van der Waals surface area (Å²) in [6, 6.07) is 5.23. The second-order valence-electron chi connectivity index (χ2n) is 5.81. The Balaban J connectivity index is 2.12. The highest BCUT2D eigenvalue weighted by Crippen LogP contribution is 2.28. The van der Waals surface area contributed by atoms with Gasteiger partial charge in [-0.15, -0.1) is 0 Å². The summed E-state index contributed by atoms with van der Waals surface area (Å²) in [6.45, 7) is 8.37. The molecule has 1 atom stereocenters. The molecule has 1 aromatic carbocycles. The van der Waals surface area contributed by atoms with E-state index < -0.39 is 0 Å². The van der Waals surface area contributed by atoms with E-state index in [1.54, 1.807) is 12.1 Å². The molecule has 20 heavy (non-hydrogen) atoms. The smallest absolute Gasteiger partial charge is 0.123 e. The Morgan fingerprint density at radius 2 is 2.20 bits per heavy atom. The molecule has 1 aromatic rings. The van der Waals surface area contributed by atoms with Crippen LogP contribution in [0.3, 0.4) is 0 Å². The molecule has 1 aliphatic heterocycles. The lowest BCUT2D eigenvalue weighted by atomic mass is 9.94. The van der Waals surface area contributed by atoms with Crippen molar-refractivity contribution >= 4 is 5.69 Å². The van der Waals surface area contributed by atoms with Gasteiger partial charge in [-0.2, -0.15) is 0 Å². The highest BCUT2D eigenvalue weighted by Gasteiger charge is 2.20. The molecule has 1 fully saturated rings. The van der Waals surface area contributed by atoms with E-state index in [0.717, 1.165) is 44.1 Å². The maximum absolute atomic E-state index is 13.5. The Bertz CT molecular complexity index is 419. The third-order valence-corrected chi connectivity index (χ3v) is 4.22. The largest absolute Gasteiger partial charge is 0.371 e. The van der Waals surface area contributed by atoms with Gasteiger partial charge in [-0.3, -0.25) is 0 Å². The van der Waals surface area contributed by atoms with Gasteiger partial charge in [-0.25, -0.2) is 4.39 Å². The van der Waals surface area contributed by atoms with E-state index in [0.29, 0.717) is 0 Å². The molecule has 1 aliphatic rings. The maximum Gasteiger partial charge on any atom is 0.123 e. The lowest BCUT2D eigenvalue weighted by molar-refractivity contribution is 0.404. The van der Waals surface area contributed by atoms with Crippen molar-refractivity contribution in [3.05, 3.63) is 29.6 Å². The molecule has 2 nitrogen and oxygen atoms in total. The van der Waals surface area contributed by atoms with Crippen molar-refractivity contribution in [3.8, 4) is 0 Å². The van der Waals surface area contributed by atoms with Crippen LogP contribution in [-0.2, 0) is 6.54 Å². The second kappa shape index (κ2) is 7.63. The van der Waals surface area contributed by atoms with E-state index in [1.807, 2.05) is 6.07 Å². The minimum atomic E-state index is -0.133. The van der Waals surface area contributed by atoms with Crippen LogP contribution in [0.1, 0.15) is 45.1 Å². The fraction of sp³-hybridized carbons (Fsp3) is 0.647. The molecule has 0 spiro atoms. The average molecular weight is 278 g/mol. The summed E-state index contributed by atoms with van der Waals surface area (Å²) in [7, 11) is 0. The fourth-order valence-corrected chi connectivity index (χ4v) is 3.02. The zero-order valence-corrected chi connectivity index (χ0v) is 12.8. The van der Waals surface area contributed by atoms with Gasteiger partial charge in [-0.1, -0.05) is 20.3 Å². The van der Waals surface area contributed by atoms with E-state index in [1.165, 1.54) is 24.9 Å². The number of hydrogen-bond donors (Lipinski definition) is 1. The minimum Gasteiger partial charge on any atom is -0.371 e. The van der Waals surface area contributed by atoms with Crippen LogP contribution >= 0.6 is 0 Å². The number of anilines is 1. The van der Waals surface area contributed by atoms with Crippen molar-refractivity contribution in [2.75, 3.05) is 24.5 Å². The summed E-state index contributed by atoms with van der Waals surface area (Å²) in [5.74, 6) is 0.649. The van der Waals surface area contributed by atoms with E-state index in [2.05, 4.69) is 24.1 Å². The Labute approximate surface area is 122 Å². The Kier molecular flexibility index (Phi) is 5.84. The molecular formula is C17H27FN2. The molecular weight excluding hydrogens is 251 g/mol. The first-order valence-electron chi connectivity index (χ1n) is 7.98. The van der Waals surface area contributed by atoms with Crippen molar-refractivity contribution < 1.29 is 4.39 Å². The molecule has 112 valence electrons. The van der Waals surface area contributed by atoms with Crippen LogP contribution in [0.4, 0.5) is 10.1 Å². The molecule has 0 saturated carbocycles. The van der Waals surface area contributed by atoms with Gasteiger partial charge in [0.05, 0.1) is 0 Å².